The molecule has 8 heteroatoms. The summed E-state index contributed by atoms with van der Waals surface area (Å²) in [6, 6.07) is 11.9. The minimum atomic E-state index is -0.195. The standard InChI is InChI=1S/C22H21N5O2S.C2H6/c1-14(28)15-2-5-21-24-25-22(27(21)13-15)30-19-3-4-20-16(11-19)10-17(12-23-20)26-8-6-18(29)7-9-26;1-2/h2-5,10-13,18,29H,6-9H2,1H3;1-2H3. The van der Waals surface area contributed by atoms with Gasteiger partial charge in [0.25, 0.3) is 0 Å². The lowest BCUT2D eigenvalue weighted by atomic mass is 10.1. The van der Waals surface area contributed by atoms with Gasteiger partial charge in [0.1, 0.15) is 0 Å². The lowest BCUT2D eigenvalue weighted by Gasteiger charge is -2.31. The molecule has 4 heterocycles. The fraction of sp³-hybridized carbons (Fsp3) is 0.333. The van der Waals surface area contributed by atoms with Gasteiger partial charge in [0.15, 0.2) is 16.6 Å². The molecular formula is C24H27N5O2S. The van der Waals surface area contributed by atoms with Gasteiger partial charge in [0.2, 0.25) is 0 Å². The molecule has 1 N–H and O–H groups in total. The lowest BCUT2D eigenvalue weighted by Crippen LogP contribution is -2.35. The zero-order valence-corrected chi connectivity index (χ0v) is 19.3. The number of carbonyl (C=O) groups is 1. The molecule has 0 radical (unpaired) electrons. The maximum atomic E-state index is 11.7. The first-order valence-corrected chi connectivity index (χ1v) is 11.7. The third-order valence-electron chi connectivity index (χ3n) is 5.45. The second-order valence-corrected chi connectivity index (χ2v) is 8.59. The van der Waals surface area contributed by atoms with Crippen molar-refractivity contribution >= 4 is 39.8 Å². The molecule has 166 valence electrons. The maximum absolute atomic E-state index is 11.7. The lowest BCUT2D eigenvalue weighted by molar-refractivity contribution is 0.101. The Morgan fingerprint density at radius 2 is 1.88 bits per heavy atom. The fourth-order valence-corrected chi connectivity index (χ4v) is 4.57. The van der Waals surface area contributed by atoms with Crippen molar-refractivity contribution in [2.75, 3.05) is 18.0 Å². The second kappa shape index (κ2) is 9.67. The summed E-state index contributed by atoms with van der Waals surface area (Å²) in [7, 11) is 0. The number of Topliss-reactive ketones (excluding diaryl/α,β-unsaturated/α-hetero) is 1. The van der Waals surface area contributed by atoms with Gasteiger partial charge in [-0.2, -0.15) is 0 Å². The zero-order chi connectivity index (χ0) is 22.7. The predicted molar refractivity (Wildman–Crippen MR) is 128 cm³/mol. The topological polar surface area (TPSA) is 83.6 Å². The van der Waals surface area contributed by atoms with Gasteiger partial charge in [-0.1, -0.05) is 13.8 Å². The Kier molecular flexibility index (Phi) is 6.72. The second-order valence-electron chi connectivity index (χ2n) is 7.55. The van der Waals surface area contributed by atoms with Crippen LogP contribution in [-0.4, -0.2) is 49.7 Å². The van der Waals surface area contributed by atoms with Crippen molar-refractivity contribution in [1.29, 1.82) is 0 Å². The van der Waals surface area contributed by atoms with Crippen molar-refractivity contribution in [2.24, 2.45) is 0 Å². The van der Waals surface area contributed by atoms with Crippen LogP contribution in [0.25, 0.3) is 16.6 Å². The number of rotatable bonds is 4. The van der Waals surface area contributed by atoms with E-state index in [9.17, 15) is 9.90 Å². The number of hydrogen-bond donors (Lipinski definition) is 1. The average molecular weight is 450 g/mol. The van der Waals surface area contributed by atoms with Gasteiger partial charge in [-0.15, -0.1) is 10.2 Å². The third-order valence-corrected chi connectivity index (χ3v) is 6.41. The number of aliphatic hydroxyl groups is 1. The molecule has 5 rings (SSSR count). The molecule has 7 nitrogen and oxygen atoms in total. The Bertz CT molecular complexity index is 1250. The number of benzene rings is 1. The average Bonchev–Trinajstić information content (AvgIpc) is 3.22. The number of anilines is 1. The number of aromatic nitrogens is 4. The molecule has 32 heavy (non-hydrogen) atoms. The number of nitrogens with zero attached hydrogens (tertiary/aromatic N) is 5. The van der Waals surface area contributed by atoms with E-state index >= 15 is 0 Å². The highest BCUT2D eigenvalue weighted by Gasteiger charge is 2.18. The Morgan fingerprint density at radius 1 is 1.09 bits per heavy atom. The highest BCUT2D eigenvalue weighted by atomic mass is 32.2. The van der Waals surface area contributed by atoms with Crippen LogP contribution in [0.2, 0.25) is 0 Å². The van der Waals surface area contributed by atoms with Gasteiger partial charge >= 0.3 is 0 Å². The molecule has 0 atom stereocenters. The van der Waals surface area contributed by atoms with Gasteiger partial charge in [-0.3, -0.25) is 14.2 Å². The summed E-state index contributed by atoms with van der Waals surface area (Å²) in [5.74, 6) is 0.0103. The van der Waals surface area contributed by atoms with Crippen LogP contribution in [0.3, 0.4) is 0 Å². The van der Waals surface area contributed by atoms with E-state index in [0.29, 0.717) is 16.4 Å². The van der Waals surface area contributed by atoms with Crippen LogP contribution < -0.4 is 4.90 Å². The van der Waals surface area contributed by atoms with Crippen LogP contribution in [0.15, 0.2) is 58.8 Å². The largest absolute Gasteiger partial charge is 0.393 e. The van der Waals surface area contributed by atoms with E-state index in [1.165, 1.54) is 11.8 Å². The van der Waals surface area contributed by atoms with Gasteiger partial charge in [-0.25, -0.2) is 0 Å². The van der Waals surface area contributed by atoms with Crippen LogP contribution in [-0.2, 0) is 0 Å². The SMILES string of the molecule is CC.CC(=O)c1ccc2nnc(Sc3ccc4ncc(N5CCC(O)CC5)cc4c3)n2c1. The summed E-state index contributed by atoms with van der Waals surface area (Å²) < 4.78 is 1.85. The molecule has 3 aromatic heterocycles. The number of carbonyl (C=O) groups excluding carboxylic acids is 1. The molecule has 0 saturated carbocycles. The van der Waals surface area contributed by atoms with Crippen molar-refractivity contribution in [2.45, 2.75) is 49.8 Å². The first-order chi connectivity index (χ1) is 15.6. The Hall–Kier alpha value is -2.97. The summed E-state index contributed by atoms with van der Waals surface area (Å²) in [5.41, 5.74) is 3.35. The normalized spacial score (nSPS) is 14.4. The quantitative estimate of drug-likeness (QED) is 0.455. The Morgan fingerprint density at radius 3 is 2.62 bits per heavy atom. The minimum Gasteiger partial charge on any atom is -0.393 e. The van der Waals surface area contributed by atoms with E-state index in [-0.39, 0.29) is 11.9 Å². The van der Waals surface area contributed by atoms with Crippen LogP contribution in [0.1, 0.15) is 44.0 Å². The van der Waals surface area contributed by atoms with Crippen LogP contribution in [0, 0.1) is 0 Å². The number of pyridine rings is 2. The molecule has 1 saturated heterocycles. The van der Waals surface area contributed by atoms with E-state index in [1.807, 2.05) is 36.6 Å². The van der Waals surface area contributed by atoms with Gasteiger partial charge < -0.3 is 10.0 Å². The fourth-order valence-electron chi connectivity index (χ4n) is 3.71. The van der Waals surface area contributed by atoms with Crippen molar-refractivity contribution in [3.8, 4) is 0 Å². The zero-order valence-electron chi connectivity index (χ0n) is 18.5. The van der Waals surface area contributed by atoms with E-state index < -0.39 is 0 Å². The number of fused-ring (bicyclic) bond motifs is 2. The first kappa shape index (κ1) is 22.2. The number of ketones is 1. The van der Waals surface area contributed by atoms with E-state index in [0.717, 1.165) is 47.4 Å². The molecule has 0 unspecified atom stereocenters. The summed E-state index contributed by atoms with van der Waals surface area (Å²) in [6.07, 6.45) is 5.07. The maximum Gasteiger partial charge on any atom is 0.200 e. The molecular weight excluding hydrogens is 422 g/mol. The van der Waals surface area contributed by atoms with Crippen LogP contribution in [0.4, 0.5) is 5.69 Å². The van der Waals surface area contributed by atoms with E-state index in [4.69, 9.17) is 0 Å². The summed E-state index contributed by atoms with van der Waals surface area (Å²) in [5, 5.41) is 20.0. The molecule has 4 aromatic rings. The smallest absolute Gasteiger partial charge is 0.200 e. The third kappa shape index (κ3) is 4.61. The van der Waals surface area contributed by atoms with Crippen molar-refractivity contribution in [1.82, 2.24) is 19.6 Å². The predicted octanol–water partition coefficient (Wildman–Crippen LogP) is 4.62. The molecule has 1 fully saturated rings. The summed E-state index contributed by atoms with van der Waals surface area (Å²) in [4.78, 5) is 19.6. The number of hydrogen-bond acceptors (Lipinski definition) is 7. The number of aliphatic hydroxyl groups excluding tert-OH is 1. The van der Waals surface area contributed by atoms with E-state index in [2.05, 4.69) is 32.2 Å². The van der Waals surface area contributed by atoms with Crippen molar-refractivity contribution < 1.29 is 9.90 Å². The van der Waals surface area contributed by atoms with E-state index in [1.54, 1.807) is 25.3 Å². The highest BCUT2D eigenvalue weighted by molar-refractivity contribution is 7.99. The summed E-state index contributed by atoms with van der Waals surface area (Å²) in [6.45, 7) is 7.23. The van der Waals surface area contributed by atoms with Crippen molar-refractivity contribution in [3.63, 3.8) is 0 Å². The monoisotopic (exact) mass is 449 g/mol. The van der Waals surface area contributed by atoms with Crippen LogP contribution in [0.5, 0.6) is 0 Å². The Balaban J connectivity index is 0.00000119. The summed E-state index contributed by atoms with van der Waals surface area (Å²) >= 11 is 1.50. The molecule has 0 spiro atoms. The van der Waals surface area contributed by atoms with Gasteiger partial charge in [0.05, 0.1) is 23.5 Å². The molecule has 1 aliphatic heterocycles. The number of piperidine rings is 1. The molecule has 0 aliphatic carbocycles. The molecule has 0 amide bonds. The Labute approximate surface area is 191 Å². The van der Waals surface area contributed by atoms with Gasteiger partial charge in [0, 0.05) is 35.1 Å². The highest BCUT2D eigenvalue weighted by Crippen LogP contribution is 2.31. The van der Waals surface area contributed by atoms with Crippen LogP contribution >= 0.6 is 11.8 Å². The minimum absolute atomic E-state index is 0.0103. The first-order valence-electron chi connectivity index (χ1n) is 10.9. The molecule has 0 bridgehead atoms. The molecule has 1 aromatic carbocycles. The molecule has 1 aliphatic rings. The van der Waals surface area contributed by atoms with Crippen molar-refractivity contribution in [3.05, 3.63) is 54.4 Å². The van der Waals surface area contributed by atoms with Gasteiger partial charge in [-0.05, 0) is 67.9 Å².